The maximum atomic E-state index is 14.1. The van der Waals surface area contributed by atoms with Crippen LogP contribution in [0.25, 0.3) is 0 Å². The Hall–Kier alpha value is -3.13. The van der Waals surface area contributed by atoms with Gasteiger partial charge in [0.05, 0.1) is 17.7 Å². The molecule has 0 radical (unpaired) electrons. The van der Waals surface area contributed by atoms with Crippen LogP contribution in [0.4, 0.5) is 18.9 Å². The molecule has 1 aliphatic rings. The molecule has 0 atom stereocenters. The first-order valence-electron chi connectivity index (χ1n) is 11.6. The van der Waals surface area contributed by atoms with Crippen LogP contribution in [0.15, 0.2) is 70.5 Å². The first-order chi connectivity index (χ1) is 18.0. The van der Waals surface area contributed by atoms with Gasteiger partial charge in [0.25, 0.3) is 0 Å². The quantitative estimate of drug-likeness (QED) is 0.426. The highest BCUT2D eigenvalue weighted by Gasteiger charge is 2.32. The maximum absolute atomic E-state index is 14.1. The number of halogens is 3. The fourth-order valence-corrected chi connectivity index (χ4v) is 6.66. The number of hydrogen-bond donors (Lipinski definition) is 1. The molecule has 0 aromatic heterocycles. The van der Waals surface area contributed by atoms with Gasteiger partial charge in [-0.3, -0.25) is 0 Å². The lowest BCUT2D eigenvalue weighted by Crippen LogP contribution is -2.49. The molecule has 0 spiro atoms. The van der Waals surface area contributed by atoms with Crippen molar-refractivity contribution in [1.29, 1.82) is 0 Å². The van der Waals surface area contributed by atoms with E-state index in [1.54, 1.807) is 17.0 Å². The van der Waals surface area contributed by atoms with Gasteiger partial charge in [-0.2, -0.15) is 4.31 Å². The second kappa shape index (κ2) is 11.3. The molecule has 1 heterocycles. The van der Waals surface area contributed by atoms with Crippen molar-refractivity contribution in [2.24, 2.45) is 0 Å². The van der Waals surface area contributed by atoms with Crippen molar-refractivity contribution in [3.8, 4) is 5.75 Å². The van der Waals surface area contributed by atoms with Crippen molar-refractivity contribution >= 4 is 25.7 Å². The zero-order chi connectivity index (χ0) is 27.5. The molecule has 1 N–H and O–H groups in total. The molecule has 8 nitrogen and oxygen atoms in total. The third-order valence-corrected chi connectivity index (χ3v) is 9.56. The van der Waals surface area contributed by atoms with Gasteiger partial charge in [-0.15, -0.1) is 0 Å². The lowest BCUT2D eigenvalue weighted by Gasteiger charge is -2.36. The minimum atomic E-state index is -4.19. The fraction of sp³-hybridized carbons (Fsp3) is 0.280. The van der Waals surface area contributed by atoms with Crippen LogP contribution in [0.2, 0.25) is 0 Å². The van der Waals surface area contributed by atoms with Crippen LogP contribution < -0.4 is 14.4 Å². The monoisotopic (exact) mass is 569 g/mol. The van der Waals surface area contributed by atoms with Crippen LogP contribution in [0.5, 0.6) is 5.75 Å². The summed E-state index contributed by atoms with van der Waals surface area (Å²) in [4.78, 5) is 1.17. The van der Waals surface area contributed by atoms with Crippen molar-refractivity contribution in [1.82, 2.24) is 9.03 Å². The number of nitrogens with zero attached hydrogens (tertiary/aromatic N) is 2. The second-order valence-corrected chi connectivity index (χ2v) is 12.2. The number of methoxy groups -OCH3 is 1. The highest BCUT2D eigenvalue weighted by molar-refractivity contribution is 7.89. The first kappa shape index (κ1) is 27.9. The maximum Gasteiger partial charge on any atom is 0.246 e. The highest BCUT2D eigenvalue weighted by atomic mass is 32.2. The Morgan fingerprint density at radius 1 is 0.842 bits per heavy atom. The summed E-state index contributed by atoms with van der Waals surface area (Å²) in [6, 6.07) is 12.4. The summed E-state index contributed by atoms with van der Waals surface area (Å²) < 4.78 is 101. The van der Waals surface area contributed by atoms with E-state index in [9.17, 15) is 30.0 Å². The van der Waals surface area contributed by atoms with Crippen molar-refractivity contribution < 1.29 is 34.7 Å². The van der Waals surface area contributed by atoms with Gasteiger partial charge in [0.1, 0.15) is 28.1 Å². The number of rotatable bonds is 9. The number of ether oxygens (including phenoxy) is 1. The molecule has 38 heavy (non-hydrogen) atoms. The molecule has 13 heteroatoms. The molecule has 4 rings (SSSR count). The zero-order valence-electron chi connectivity index (χ0n) is 20.4. The van der Waals surface area contributed by atoms with Crippen molar-refractivity contribution in [2.45, 2.75) is 16.2 Å². The summed E-state index contributed by atoms with van der Waals surface area (Å²) in [5.41, 5.74) is 1.23. The molecule has 3 aromatic rings. The molecule has 0 unspecified atom stereocenters. The van der Waals surface area contributed by atoms with Gasteiger partial charge in [0.15, 0.2) is 0 Å². The smallest absolute Gasteiger partial charge is 0.246 e. The van der Waals surface area contributed by atoms with E-state index in [2.05, 4.69) is 4.72 Å². The molecular weight excluding hydrogens is 543 g/mol. The van der Waals surface area contributed by atoms with Gasteiger partial charge in [0.2, 0.25) is 20.0 Å². The van der Waals surface area contributed by atoms with E-state index in [0.717, 1.165) is 22.0 Å². The van der Waals surface area contributed by atoms with E-state index in [1.807, 2.05) is 0 Å². The SMILES string of the molecule is COc1ccc(S(=O)(=O)NCCc2ccc(F)cc2)cc1N1CCN(S(=O)(=O)c2ccc(F)cc2F)CC1. The first-order valence-corrected chi connectivity index (χ1v) is 14.6. The van der Waals surface area contributed by atoms with E-state index in [0.29, 0.717) is 23.9 Å². The molecule has 1 saturated heterocycles. The lowest BCUT2D eigenvalue weighted by atomic mass is 10.1. The Morgan fingerprint density at radius 3 is 2.13 bits per heavy atom. The number of hydrogen-bond acceptors (Lipinski definition) is 6. The van der Waals surface area contributed by atoms with Gasteiger partial charge in [-0.1, -0.05) is 12.1 Å². The summed E-state index contributed by atoms with van der Waals surface area (Å²) in [6.07, 6.45) is 0.369. The number of sulfonamides is 2. The minimum Gasteiger partial charge on any atom is -0.495 e. The van der Waals surface area contributed by atoms with Crippen LogP contribution in [-0.4, -0.2) is 61.0 Å². The third kappa shape index (κ3) is 6.12. The van der Waals surface area contributed by atoms with Gasteiger partial charge in [0, 0.05) is 38.8 Å². The Labute approximate surface area is 219 Å². The number of benzene rings is 3. The van der Waals surface area contributed by atoms with Crippen molar-refractivity contribution in [2.75, 3.05) is 44.7 Å². The zero-order valence-corrected chi connectivity index (χ0v) is 22.0. The number of anilines is 1. The van der Waals surface area contributed by atoms with E-state index in [-0.39, 0.29) is 43.4 Å². The Balaban J connectivity index is 1.46. The molecule has 0 amide bonds. The lowest BCUT2D eigenvalue weighted by molar-refractivity contribution is 0.376. The van der Waals surface area contributed by atoms with Gasteiger partial charge in [-0.05, 0) is 54.4 Å². The van der Waals surface area contributed by atoms with Gasteiger partial charge >= 0.3 is 0 Å². The standard InChI is InChI=1S/C25H26F3N3O5S2/c1-36-24-8-7-21(37(32,33)29-11-10-18-2-4-19(26)5-3-18)17-23(24)30-12-14-31(15-13-30)38(34,35)25-9-6-20(27)16-22(25)28/h2-9,16-17,29H,10-15H2,1H3. The van der Waals surface area contributed by atoms with Crippen molar-refractivity contribution in [3.63, 3.8) is 0 Å². The van der Waals surface area contributed by atoms with Gasteiger partial charge in [-0.25, -0.2) is 34.7 Å². The normalized spacial score (nSPS) is 15.0. The molecule has 0 aliphatic carbocycles. The summed E-state index contributed by atoms with van der Waals surface area (Å²) in [6.45, 7) is 0.454. The molecule has 1 aliphatic heterocycles. The fourth-order valence-electron chi connectivity index (χ4n) is 4.14. The molecule has 1 fully saturated rings. The highest BCUT2D eigenvalue weighted by Crippen LogP contribution is 2.32. The van der Waals surface area contributed by atoms with E-state index < -0.39 is 36.6 Å². The third-order valence-electron chi connectivity index (χ3n) is 6.17. The average molecular weight is 570 g/mol. The van der Waals surface area contributed by atoms with Crippen LogP contribution in [0, 0.1) is 17.5 Å². The predicted octanol–water partition coefficient (Wildman–Crippen LogP) is 3.14. The predicted molar refractivity (Wildman–Crippen MR) is 136 cm³/mol. The summed E-state index contributed by atoms with van der Waals surface area (Å²) in [5, 5.41) is 0. The van der Waals surface area contributed by atoms with E-state index in [1.165, 1.54) is 37.4 Å². The molecule has 204 valence electrons. The number of piperazine rings is 1. The van der Waals surface area contributed by atoms with Crippen LogP contribution in [0.3, 0.4) is 0 Å². The van der Waals surface area contributed by atoms with Crippen LogP contribution in [-0.2, 0) is 26.5 Å². The average Bonchev–Trinajstić information content (AvgIpc) is 2.89. The Kier molecular flexibility index (Phi) is 8.31. The Morgan fingerprint density at radius 2 is 1.50 bits per heavy atom. The summed E-state index contributed by atoms with van der Waals surface area (Å²) >= 11 is 0. The minimum absolute atomic E-state index is 0.00385. The van der Waals surface area contributed by atoms with Gasteiger partial charge < -0.3 is 9.64 Å². The van der Waals surface area contributed by atoms with Crippen LogP contribution in [0.1, 0.15) is 5.56 Å². The Bertz CT molecular complexity index is 1510. The molecular formula is C25H26F3N3O5S2. The van der Waals surface area contributed by atoms with Crippen molar-refractivity contribution in [3.05, 3.63) is 83.7 Å². The van der Waals surface area contributed by atoms with E-state index >= 15 is 0 Å². The second-order valence-electron chi connectivity index (χ2n) is 8.57. The van der Waals surface area contributed by atoms with E-state index in [4.69, 9.17) is 4.74 Å². The topological polar surface area (TPSA) is 96.0 Å². The van der Waals surface area contributed by atoms with Crippen LogP contribution >= 0.6 is 0 Å². The molecule has 0 bridgehead atoms. The number of nitrogens with one attached hydrogen (secondary N) is 1. The molecule has 0 saturated carbocycles. The largest absolute Gasteiger partial charge is 0.495 e. The summed E-state index contributed by atoms with van der Waals surface area (Å²) in [5.74, 6) is -2.02. The summed E-state index contributed by atoms with van der Waals surface area (Å²) in [7, 11) is -6.64. The molecule has 3 aromatic carbocycles.